The lowest BCUT2D eigenvalue weighted by atomic mass is 10.1. The van der Waals surface area contributed by atoms with E-state index in [1.807, 2.05) is 36.9 Å². The predicted octanol–water partition coefficient (Wildman–Crippen LogP) is 2.03. The number of rotatable bonds is 2. The molecular weight excluding hydrogens is 294 g/mol. The Labute approximate surface area is 134 Å². The highest BCUT2D eigenvalue weighted by atomic mass is 16.6. The van der Waals surface area contributed by atoms with Crippen molar-refractivity contribution < 1.29 is 14.3 Å². The second-order valence-corrected chi connectivity index (χ2v) is 6.03. The van der Waals surface area contributed by atoms with Crippen LogP contribution < -0.4 is 9.47 Å². The topological polar surface area (TPSA) is 56.6 Å². The third kappa shape index (κ3) is 2.25. The number of fused-ring (bicyclic) bond motifs is 1. The van der Waals surface area contributed by atoms with Crippen LogP contribution in [0.25, 0.3) is 11.4 Å². The van der Waals surface area contributed by atoms with Gasteiger partial charge in [-0.25, -0.2) is 4.98 Å². The lowest BCUT2D eigenvalue weighted by Crippen LogP contribution is -2.24. The van der Waals surface area contributed by atoms with Gasteiger partial charge in [-0.3, -0.25) is 4.79 Å². The van der Waals surface area contributed by atoms with Crippen LogP contribution in [0, 0.1) is 6.92 Å². The molecule has 6 heteroatoms. The summed E-state index contributed by atoms with van der Waals surface area (Å²) in [6.45, 7) is 3.93. The van der Waals surface area contributed by atoms with Gasteiger partial charge < -0.3 is 18.9 Å². The van der Waals surface area contributed by atoms with Gasteiger partial charge in [-0.15, -0.1) is 0 Å². The fourth-order valence-electron chi connectivity index (χ4n) is 3.27. The van der Waals surface area contributed by atoms with Gasteiger partial charge in [-0.2, -0.15) is 0 Å². The number of aromatic nitrogens is 2. The molecule has 1 atom stereocenters. The first-order valence-corrected chi connectivity index (χ1v) is 7.83. The maximum absolute atomic E-state index is 12.3. The Morgan fingerprint density at radius 2 is 1.96 bits per heavy atom. The first-order chi connectivity index (χ1) is 11.1. The number of nitrogens with zero attached hydrogens (tertiary/aromatic N) is 3. The average Bonchev–Trinajstić information content (AvgIpc) is 3.14. The molecule has 2 aliphatic heterocycles. The molecule has 0 bridgehead atoms. The van der Waals surface area contributed by atoms with Crippen LogP contribution in [0.3, 0.4) is 0 Å². The van der Waals surface area contributed by atoms with Crippen molar-refractivity contribution in [3.63, 3.8) is 0 Å². The molecular formula is C17H19N3O3. The monoisotopic (exact) mass is 313 g/mol. The van der Waals surface area contributed by atoms with E-state index in [2.05, 4.69) is 4.98 Å². The molecule has 2 aromatic rings. The number of likely N-dealkylation sites (tertiary alicyclic amines) is 1. The molecule has 3 heterocycles. The molecule has 0 saturated carbocycles. The number of carbonyl (C=O) groups excluding carboxylic acids is 1. The fourth-order valence-corrected chi connectivity index (χ4v) is 3.27. The van der Waals surface area contributed by atoms with Crippen molar-refractivity contribution in [2.24, 2.45) is 0 Å². The minimum atomic E-state index is -0.176. The van der Waals surface area contributed by atoms with Crippen LogP contribution in [0.1, 0.15) is 18.0 Å². The van der Waals surface area contributed by atoms with E-state index < -0.39 is 0 Å². The summed E-state index contributed by atoms with van der Waals surface area (Å²) in [5, 5.41) is 0. The quantitative estimate of drug-likeness (QED) is 0.851. The predicted molar refractivity (Wildman–Crippen MR) is 84.7 cm³/mol. The van der Waals surface area contributed by atoms with Crippen LogP contribution in [0.5, 0.6) is 11.5 Å². The average molecular weight is 313 g/mol. The van der Waals surface area contributed by atoms with Gasteiger partial charge in [0.05, 0.1) is 0 Å². The SMILES string of the molecule is Cc1cc2c(cc1-c1nccn1C1CCN(C)C1=O)OCCO2. The molecule has 0 spiro atoms. The first kappa shape index (κ1) is 14.1. The smallest absolute Gasteiger partial charge is 0.245 e. The molecule has 0 radical (unpaired) electrons. The van der Waals surface area contributed by atoms with Crippen molar-refractivity contribution in [2.45, 2.75) is 19.4 Å². The molecule has 1 amide bonds. The summed E-state index contributed by atoms with van der Waals surface area (Å²) < 4.78 is 13.3. The Morgan fingerprint density at radius 1 is 1.22 bits per heavy atom. The number of hydrogen-bond acceptors (Lipinski definition) is 4. The van der Waals surface area contributed by atoms with Gasteiger partial charge in [0.15, 0.2) is 11.5 Å². The zero-order valence-corrected chi connectivity index (χ0v) is 13.3. The summed E-state index contributed by atoms with van der Waals surface area (Å²) in [5.41, 5.74) is 2.03. The minimum absolute atomic E-state index is 0.138. The van der Waals surface area contributed by atoms with Crippen LogP contribution in [0.15, 0.2) is 24.5 Å². The van der Waals surface area contributed by atoms with Crippen molar-refractivity contribution in [2.75, 3.05) is 26.8 Å². The molecule has 1 fully saturated rings. The Kier molecular flexibility index (Phi) is 3.25. The molecule has 2 aliphatic rings. The number of ether oxygens (including phenoxy) is 2. The second-order valence-electron chi connectivity index (χ2n) is 6.03. The number of carbonyl (C=O) groups is 1. The zero-order valence-electron chi connectivity index (χ0n) is 13.3. The van der Waals surface area contributed by atoms with Crippen molar-refractivity contribution in [3.05, 3.63) is 30.1 Å². The van der Waals surface area contributed by atoms with Gasteiger partial charge in [-0.1, -0.05) is 0 Å². The summed E-state index contributed by atoms with van der Waals surface area (Å²) in [5.74, 6) is 2.45. The lowest BCUT2D eigenvalue weighted by molar-refractivity contribution is -0.129. The molecule has 1 aromatic heterocycles. The van der Waals surface area contributed by atoms with Crippen molar-refractivity contribution in [1.29, 1.82) is 0 Å². The van der Waals surface area contributed by atoms with Crippen LogP contribution in [0.4, 0.5) is 0 Å². The largest absolute Gasteiger partial charge is 0.486 e. The van der Waals surface area contributed by atoms with Gasteiger partial charge in [-0.05, 0) is 31.0 Å². The zero-order chi connectivity index (χ0) is 16.0. The maximum Gasteiger partial charge on any atom is 0.245 e. The Balaban J connectivity index is 1.78. The van der Waals surface area contributed by atoms with Crippen LogP contribution in [-0.4, -0.2) is 47.2 Å². The summed E-state index contributed by atoms with van der Waals surface area (Å²) >= 11 is 0. The Bertz CT molecular complexity index is 768. The van der Waals surface area contributed by atoms with Crippen LogP contribution in [0.2, 0.25) is 0 Å². The number of benzene rings is 1. The van der Waals surface area contributed by atoms with E-state index in [0.29, 0.717) is 13.2 Å². The van der Waals surface area contributed by atoms with E-state index in [-0.39, 0.29) is 11.9 Å². The Hall–Kier alpha value is -2.50. The highest BCUT2D eigenvalue weighted by molar-refractivity contribution is 5.83. The van der Waals surface area contributed by atoms with Gasteiger partial charge in [0, 0.05) is 31.5 Å². The highest BCUT2D eigenvalue weighted by Gasteiger charge is 2.32. The number of imidazole rings is 1. The number of amides is 1. The van der Waals surface area contributed by atoms with Crippen LogP contribution in [-0.2, 0) is 4.79 Å². The molecule has 4 rings (SSSR count). The first-order valence-electron chi connectivity index (χ1n) is 7.83. The minimum Gasteiger partial charge on any atom is -0.486 e. The third-order valence-corrected chi connectivity index (χ3v) is 4.53. The third-order valence-electron chi connectivity index (χ3n) is 4.53. The molecule has 1 unspecified atom stereocenters. The summed E-state index contributed by atoms with van der Waals surface area (Å²) in [6, 6.07) is 3.77. The highest BCUT2D eigenvalue weighted by Crippen LogP contribution is 2.38. The lowest BCUT2D eigenvalue weighted by Gasteiger charge is -2.21. The van der Waals surface area contributed by atoms with Gasteiger partial charge >= 0.3 is 0 Å². The van der Waals surface area contributed by atoms with E-state index >= 15 is 0 Å². The van der Waals surface area contributed by atoms with E-state index in [4.69, 9.17) is 9.47 Å². The molecule has 0 aliphatic carbocycles. The molecule has 1 aromatic carbocycles. The van der Waals surface area contributed by atoms with Crippen LogP contribution >= 0.6 is 0 Å². The fraction of sp³-hybridized carbons (Fsp3) is 0.412. The van der Waals surface area contributed by atoms with E-state index in [1.165, 1.54) is 0 Å². The van der Waals surface area contributed by atoms with Gasteiger partial charge in [0.1, 0.15) is 25.1 Å². The van der Waals surface area contributed by atoms with E-state index in [0.717, 1.165) is 41.4 Å². The van der Waals surface area contributed by atoms with Crippen molar-refractivity contribution in [1.82, 2.24) is 14.5 Å². The number of hydrogen-bond donors (Lipinski definition) is 0. The van der Waals surface area contributed by atoms with Crippen molar-refractivity contribution >= 4 is 5.91 Å². The number of aryl methyl sites for hydroxylation is 1. The number of likely N-dealkylation sites (N-methyl/N-ethyl adjacent to an activating group) is 1. The van der Waals surface area contributed by atoms with Gasteiger partial charge in [0.25, 0.3) is 0 Å². The molecule has 120 valence electrons. The molecule has 0 N–H and O–H groups in total. The summed E-state index contributed by atoms with van der Waals surface area (Å²) in [6.07, 6.45) is 4.44. The molecule has 1 saturated heterocycles. The van der Waals surface area contributed by atoms with E-state index in [9.17, 15) is 4.79 Å². The maximum atomic E-state index is 12.3. The second kappa shape index (κ2) is 5.30. The van der Waals surface area contributed by atoms with Crippen molar-refractivity contribution in [3.8, 4) is 22.9 Å². The molecule has 6 nitrogen and oxygen atoms in total. The Morgan fingerprint density at radius 3 is 2.65 bits per heavy atom. The van der Waals surface area contributed by atoms with Gasteiger partial charge in [0.2, 0.25) is 5.91 Å². The standard InChI is InChI=1S/C17H19N3O3/c1-11-9-14-15(23-8-7-22-14)10-12(11)16-18-4-6-20(16)13-3-5-19(2)17(13)21/h4,6,9-10,13H,3,5,7-8H2,1-2H3. The van der Waals surface area contributed by atoms with E-state index in [1.54, 1.807) is 11.1 Å². The summed E-state index contributed by atoms with van der Waals surface area (Å²) in [7, 11) is 1.84. The normalized spacial score (nSPS) is 20.2. The summed E-state index contributed by atoms with van der Waals surface area (Å²) in [4.78, 5) is 18.6. The molecule has 23 heavy (non-hydrogen) atoms.